The molecule has 1 heteroatoms. The van der Waals surface area contributed by atoms with E-state index in [2.05, 4.69) is 25.7 Å². The van der Waals surface area contributed by atoms with Crippen molar-refractivity contribution in [2.24, 2.45) is 17.8 Å². The Morgan fingerprint density at radius 1 is 1.00 bits per heavy atom. The minimum absolute atomic E-state index is 0.924. The standard InChI is InChI=1S/C11H16.C6H14O/c1-2-9-10-7-5-3-4-6-8-11(9)10;1-3-4-5-6-7-2/h9-11H,2,5-8H2,1H3;3-6H2,1-2H3/t9?,10-,11+;. The van der Waals surface area contributed by atoms with Crippen molar-refractivity contribution in [2.75, 3.05) is 13.7 Å². The number of hydrogen-bond acceptors (Lipinski definition) is 1. The highest BCUT2D eigenvalue weighted by atomic mass is 16.5. The molecule has 0 spiro atoms. The van der Waals surface area contributed by atoms with Crippen molar-refractivity contribution in [1.29, 1.82) is 0 Å². The average Bonchev–Trinajstić information content (AvgIpc) is 3.01. The summed E-state index contributed by atoms with van der Waals surface area (Å²) in [5.74, 6) is 9.67. The second-order valence-electron chi connectivity index (χ2n) is 5.53. The van der Waals surface area contributed by atoms with Gasteiger partial charge in [-0.1, -0.05) is 33.1 Å². The van der Waals surface area contributed by atoms with Gasteiger partial charge in [0.15, 0.2) is 0 Å². The highest BCUT2D eigenvalue weighted by Gasteiger charge is 2.46. The summed E-state index contributed by atoms with van der Waals surface area (Å²) in [6.45, 7) is 5.44. The van der Waals surface area contributed by atoms with E-state index in [4.69, 9.17) is 4.74 Å². The lowest BCUT2D eigenvalue weighted by molar-refractivity contribution is 0.192. The maximum atomic E-state index is 4.84. The van der Waals surface area contributed by atoms with E-state index in [0.29, 0.717) is 0 Å². The summed E-state index contributed by atoms with van der Waals surface area (Å²) in [6, 6.07) is 0. The van der Waals surface area contributed by atoms with E-state index >= 15 is 0 Å². The Morgan fingerprint density at radius 2 is 1.61 bits per heavy atom. The van der Waals surface area contributed by atoms with Gasteiger partial charge >= 0.3 is 0 Å². The van der Waals surface area contributed by atoms with Gasteiger partial charge in [-0.2, -0.15) is 0 Å². The summed E-state index contributed by atoms with van der Waals surface area (Å²) in [5.41, 5.74) is 0. The predicted octanol–water partition coefficient (Wildman–Crippen LogP) is 4.66. The molecule has 18 heavy (non-hydrogen) atoms. The van der Waals surface area contributed by atoms with Crippen molar-refractivity contribution < 1.29 is 4.74 Å². The molecule has 3 atom stereocenters. The van der Waals surface area contributed by atoms with E-state index in [1.165, 1.54) is 38.5 Å². The molecule has 2 rings (SSSR count). The zero-order valence-corrected chi connectivity index (χ0v) is 12.5. The maximum Gasteiger partial charge on any atom is 0.0462 e. The second kappa shape index (κ2) is 9.45. The van der Waals surface area contributed by atoms with Crippen LogP contribution in [0.5, 0.6) is 0 Å². The van der Waals surface area contributed by atoms with Gasteiger partial charge in [-0.3, -0.25) is 0 Å². The smallest absolute Gasteiger partial charge is 0.0462 e. The minimum atomic E-state index is 0.924. The van der Waals surface area contributed by atoms with Gasteiger partial charge in [0.05, 0.1) is 0 Å². The number of rotatable bonds is 5. The Labute approximate surface area is 114 Å². The molecule has 0 saturated heterocycles. The van der Waals surface area contributed by atoms with Crippen molar-refractivity contribution in [3.8, 4) is 11.8 Å². The van der Waals surface area contributed by atoms with Crippen LogP contribution in [-0.2, 0) is 4.74 Å². The zero-order valence-electron chi connectivity index (χ0n) is 12.5. The van der Waals surface area contributed by atoms with E-state index in [1.807, 2.05) is 0 Å². The Hall–Kier alpha value is -0.480. The SMILES string of the molecule is CCC1[C@H]2CCC#CCC[C@@H]12.CCCCCOC. The number of methoxy groups -OCH3 is 1. The van der Waals surface area contributed by atoms with Crippen LogP contribution in [0.25, 0.3) is 0 Å². The fraction of sp³-hybridized carbons (Fsp3) is 0.882. The molecule has 0 aromatic carbocycles. The molecule has 0 heterocycles. The molecular weight excluding hydrogens is 220 g/mol. The van der Waals surface area contributed by atoms with E-state index in [0.717, 1.165) is 37.2 Å². The van der Waals surface area contributed by atoms with Crippen LogP contribution < -0.4 is 0 Å². The number of fused-ring (bicyclic) bond motifs is 1. The van der Waals surface area contributed by atoms with Crippen LogP contribution in [-0.4, -0.2) is 13.7 Å². The number of hydrogen-bond donors (Lipinski definition) is 0. The first-order chi connectivity index (χ1) is 8.85. The maximum absolute atomic E-state index is 4.84. The highest BCUT2D eigenvalue weighted by molar-refractivity contribution is 5.07. The van der Waals surface area contributed by atoms with Crippen molar-refractivity contribution in [2.45, 2.75) is 65.2 Å². The van der Waals surface area contributed by atoms with Gasteiger partial charge in [-0.25, -0.2) is 0 Å². The van der Waals surface area contributed by atoms with Crippen LogP contribution in [0.2, 0.25) is 0 Å². The third-order valence-corrected chi connectivity index (χ3v) is 4.26. The van der Waals surface area contributed by atoms with Crippen LogP contribution in [0.1, 0.15) is 65.2 Å². The van der Waals surface area contributed by atoms with E-state index in [-0.39, 0.29) is 0 Å². The second-order valence-corrected chi connectivity index (χ2v) is 5.53. The van der Waals surface area contributed by atoms with Crippen molar-refractivity contribution in [3.05, 3.63) is 0 Å². The highest BCUT2D eigenvalue weighted by Crippen LogP contribution is 2.53. The number of ether oxygens (including phenoxy) is 1. The summed E-state index contributed by atoms with van der Waals surface area (Å²) in [4.78, 5) is 0. The van der Waals surface area contributed by atoms with Gasteiger partial charge in [0.25, 0.3) is 0 Å². The summed E-state index contributed by atoms with van der Waals surface area (Å²) in [7, 11) is 1.75. The normalized spacial score (nSPS) is 28.7. The van der Waals surface area contributed by atoms with Crippen LogP contribution in [0.15, 0.2) is 0 Å². The Balaban J connectivity index is 0.000000203. The Morgan fingerprint density at radius 3 is 2.06 bits per heavy atom. The molecule has 1 saturated carbocycles. The van der Waals surface area contributed by atoms with Gasteiger partial charge in [-0.05, 0) is 37.0 Å². The fourth-order valence-electron chi connectivity index (χ4n) is 3.14. The quantitative estimate of drug-likeness (QED) is 0.509. The zero-order chi connectivity index (χ0) is 13.2. The molecule has 0 aromatic heterocycles. The first-order valence-corrected chi connectivity index (χ1v) is 7.79. The lowest BCUT2D eigenvalue weighted by atomic mass is 10.1. The third-order valence-electron chi connectivity index (χ3n) is 4.26. The van der Waals surface area contributed by atoms with Crippen molar-refractivity contribution in [3.63, 3.8) is 0 Å². The van der Waals surface area contributed by atoms with Crippen molar-refractivity contribution >= 4 is 0 Å². The third kappa shape index (κ3) is 5.44. The summed E-state index contributed by atoms with van der Waals surface area (Å²) in [6.07, 6.45) is 10.3. The van der Waals surface area contributed by atoms with E-state index in [9.17, 15) is 0 Å². The largest absolute Gasteiger partial charge is 0.385 e. The molecular formula is C17H30O. The first-order valence-electron chi connectivity index (χ1n) is 7.79. The molecule has 0 radical (unpaired) electrons. The van der Waals surface area contributed by atoms with E-state index < -0.39 is 0 Å². The fourth-order valence-corrected chi connectivity index (χ4v) is 3.14. The molecule has 0 aliphatic heterocycles. The number of unbranched alkanes of at least 4 members (excludes halogenated alkanes) is 2. The molecule has 2 aliphatic rings. The average molecular weight is 250 g/mol. The molecule has 1 fully saturated rings. The van der Waals surface area contributed by atoms with Gasteiger partial charge in [0.2, 0.25) is 0 Å². The van der Waals surface area contributed by atoms with Gasteiger partial charge < -0.3 is 4.74 Å². The topological polar surface area (TPSA) is 9.23 Å². The Kier molecular flexibility index (Phi) is 8.18. The molecule has 1 nitrogen and oxygen atoms in total. The summed E-state index contributed by atoms with van der Waals surface area (Å²) < 4.78 is 4.84. The van der Waals surface area contributed by atoms with Crippen LogP contribution in [0, 0.1) is 29.6 Å². The first kappa shape index (κ1) is 15.6. The molecule has 0 bridgehead atoms. The molecule has 0 amide bonds. The molecule has 2 aliphatic carbocycles. The van der Waals surface area contributed by atoms with Crippen LogP contribution in [0.4, 0.5) is 0 Å². The van der Waals surface area contributed by atoms with Gasteiger partial charge in [-0.15, -0.1) is 11.8 Å². The van der Waals surface area contributed by atoms with Crippen LogP contribution >= 0.6 is 0 Å². The van der Waals surface area contributed by atoms with Crippen LogP contribution in [0.3, 0.4) is 0 Å². The van der Waals surface area contributed by atoms with Crippen molar-refractivity contribution in [1.82, 2.24) is 0 Å². The molecule has 0 N–H and O–H groups in total. The molecule has 1 unspecified atom stereocenters. The lowest BCUT2D eigenvalue weighted by Crippen LogP contribution is -1.85. The minimum Gasteiger partial charge on any atom is -0.385 e. The summed E-state index contributed by atoms with van der Waals surface area (Å²) in [5, 5.41) is 0. The monoisotopic (exact) mass is 250 g/mol. The lowest BCUT2D eigenvalue weighted by Gasteiger charge is -1.96. The molecule has 104 valence electrons. The molecule has 0 aromatic rings. The van der Waals surface area contributed by atoms with Gasteiger partial charge in [0.1, 0.15) is 0 Å². The predicted molar refractivity (Wildman–Crippen MR) is 78.4 cm³/mol. The Bertz CT molecular complexity index is 239. The summed E-state index contributed by atoms with van der Waals surface area (Å²) >= 11 is 0. The van der Waals surface area contributed by atoms with Gasteiger partial charge in [0, 0.05) is 26.6 Å². The van der Waals surface area contributed by atoms with E-state index in [1.54, 1.807) is 7.11 Å².